The first-order valence-corrected chi connectivity index (χ1v) is 10.3. The normalized spacial score (nSPS) is 11.1. The van der Waals surface area contributed by atoms with Crippen LogP contribution in [-0.2, 0) is 10.0 Å². The molecule has 0 heterocycles. The third kappa shape index (κ3) is 4.23. The summed E-state index contributed by atoms with van der Waals surface area (Å²) in [7, 11) is -2.05. The molecule has 0 fully saturated rings. The average molecular weight is 394 g/mol. The number of benzene rings is 3. The van der Waals surface area contributed by atoms with Crippen molar-refractivity contribution in [3.63, 3.8) is 0 Å². The minimum Gasteiger partial charge on any atom is -0.311 e. The van der Waals surface area contributed by atoms with Crippen LogP contribution in [0, 0.1) is 13.8 Å². The van der Waals surface area contributed by atoms with Crippen LogP contribution in [0.3, 0.4) is 0 Å². The van der Waals surface area contributed by atoms with E-state index in [1.54, 1.807) is 56.4 Å². The number of carbonyl (C=O) groups excluding carboxylic acids is 1. The van der Waals surface area contributed by atoms with Crippen molar-refractivity contribution in [1.82, 2.24) is 0 Å². The van der Waals surface area contributed by atoms with Gasteiger partial charge >= 0.3 is 0 Å². The van der Waals surface area contributed by atoms with E-state index in [9.17, 15) is 13.2 Å². The number of hydrogen-bond acceptors (Lipinski definition) is 3. The molecule has 1 N–H and O–H groups in total. The maximum absolute atomic E-state index is 12.8. The summed E-state index contributed by atoms with van der Waals surface area (Å²) in [4.78, 5) is 14.5. The number of anilines is 2. The highest BCUT2D eigenvalue weighted by Gasteiger charge is 2.18. The molecule has 1 amide bonds. The Bertz CT molecular complexity index is 1090. The number of aryl methyl sites for hydroxylation is 2. The molecular formula is C22H22N2O3S. The lowest BCUT2D eigenvalue weighted by atomic mass is 10.1. The van der Waals surface area contributed by atoms with E-state index in [-0.39, 0.29) is 10.8 Å². The molecule has 0 atom stereocenters. The Morgan fingerprint density at radius 1 is 0.893 bits per heavy atom. The van der Waals surface area contributed by atoms with Crippen LogP contribution in [0.5, 0.6) is 0 Å². The second-order valence-corrected chi connectivity index (χ2v) is 8.33. The molecule has 3 aromatic carbocycles. The molecule has 0 aliphatic carbocycles. The smallest absolute Gasteiger partial charge is 0.261 e. The van der Waals surface area contributed by atoms with Gasteiger partial charge in [-0.25, -0.2) is 8.42 Å². The molecule has 0 aromatic heterocycles. The van der Waals surface area contributed by atoms with Crippen molar-refractivity contribution in [1.29, 1.82) is 0 Å². The molecule has 0 saturated carbocycles. The molecule has 3 aromatic rings. The molecule has 0 aliphatic heterocycles. The van der Waals surface area contributed by atoms with Crippen molar-refractivity contribution >= 4 is 27.3 Å². The van der Waals surface area contributed by atoms with E-state index >= 15 is 0 Å². The molecule has 0 unspecified atom stereocenters. The quantitative estimate of drug-likeness (QED) is 0.698. The second kappa shape index (κ2) is 7.86. The molecule has 6 heteroatoms. The Balaban J connectivity index is 1.89. The highest BCUT2D eigenvalue weighted by Crippen LogP contribution is 2.23. The van der Waals surface area contributed by atoms with Crippen LogP contribution >= 0.6 is 0 Å². The largest absolute Gasteiger partial charge is 0.311 e. The van der Waals surface area contributed by atoms with Crippen molar-refractivity contribution in [2.24, 2.45) is 0 Å². The van der Waals surface area contributed by atoms with E-state index in [2.05, 4.69) is 4.72 Å². The van der Waals surface area contributed by atoms with Gasteiger partial charge in [0.1, 0.15) is 0 Å². The van der Waals surface area contributed by atoms with Gasteiger partial charge < -0.3 is 4.90 Å². The fourth-order valence-electron chi connectivity index (χ4n) is 2.75. The van der Waals surface area contributed by atoms with Gasteiger partial charge in [-0.05, 0) is 55.8 Å². The lowest BCUT2D eigenvalue weighted by Crippen LogP contribution is -2.26. The average Bonchev–Trinajstić information content (AvgIpc) is 2.69. The highest BCUT2D eigenvalue weighted by atomic mass is 32.2. The van der Waals surface area contributed by atoms with Crippen LogP contribution in [0.2, 0.25) is 0 Å². The first-order chi connectivity index (χ1) is 13.3. The van der Waals surface area contributed by atoms with Gasteiger partial charge in [0.15, 0.2) is 0 Å². The van der Waals surface area contributed by atoms with Crippen LogP contribution < -0.4 is 9.62 Å². The molecule has 0 radical (unpaired) electrons. The third-order valence-corrected chi connectivity index (χ3v) is 5.89. The standard InChI is InChI=1S/C22H22N2O3S/c1-16-9-13-20(14-10-16)28(26,27)23-21-15-18(12-11-17(21)2)22(25)24(3)19-7-5-4-6-8-19/h4-15,23H,1-3H3. The summed E-state index contributed by atoms with van der Waals surface area (Å²) in [5.41, 5.74) is 3.25. The molecule has 0 saturated heterocycles. The van der Waals surface area contributed by atoms with E-state index in [0.29, 0.717) is 11.3 Å². The van der Waals surface area contributed by atoms with Crippen LogP contribution in [0.1, 0.15) is 21.5 Å². The number of amides is 1. The van der Waals surface area contributed by atoms with Crippen LogP contribution in [0.4, 0.5) is 11.4 Å². The van der Waals surface area contributed by atoms with Gasteiger partial charge in [-0.3, -0.25) is 9.52 Å². The summed E-state index contributed by atoms with van der Waals surface area (Å²) in [5.74, 6) is -0.220. The number of nitrogens with zero attached hydrogens (tertiary/aromatic N) is 1. The lowest BCUT2D eigenvalue weighted by molar-refractivity contribution is 0.0993. The van der Waals surface area contributed by atoms with E-state index in [1.165, 1.54) is 4.90 Å². The molecular weight excluding hydrogens is 372 g/mol. The summed E-state index contributed by atoms with van der Waals surface area (Å²) in [6.07, 6.45) is 0. The van der Waals surface area contributed by atoms with Crippen molar-refractivity contribution in [2.45, 2.75) is 18.7 Å². The first-order valence-electron chi connectivity index (χ1n) is 8.81. The summed E-state index contributed by atoms with van der Waals surface area (Å²) < 4.78 is 28.0. The molecule has 3 rings (SSSR count). The van der Waals surface area contributed by atoms with Gasteiger partial charge in [0.05, 0.1) is 10.6 Å². The van der Waals surface area contributed by atoms with Gasteiger partial charge in [-0.15, -0.1) is 0 Å². The summed E-state index contributed by atoms with van der Waals surface area (Å²) in [6.45, 7) is 3.69. The minimum atomic E-state index is -3.74. The lowest BCUT2D eigenvalue weighted by Gasteiger charge is -2.18. The number of para-hydroxylation sites is 1. The number of nitrogens with one attached hydrogen (secondary N) is 1. The maximum Gasteiger partial charge on any atom is 0.261 e. The Morgan fingerprint density at radius 2 is 1.54 bits per heavy atom. The third-order valence-electron chi connectivity index (χ3n) is 4.51. The first kappa shape index (κ1) is 19.6. The summed E-state index contributed by atoms with van der Waals surface area (Å²) >= 11 is 0. The maximum atomic E-state index is 12.8. The van der Waals surface area contributed by atoms with Gasteiger partial charge in [0.25, 0.3) is 15.9 Å². The zero-order valence-electron chi connectivity index (χ0n) is 16.0. The Kier molecular flexibility index (Phi) is 5.51. The molecule has 144 valence electrons. The van der Waals surface area contributed by atoms with Crippen molar-refractivity contribution < 1.29 is 13.2 Å². The van der Waals surface area contributed by atoms with E-state index < -0.39 is 10.0 Å². The monoisotopic (exact) mass is 394 g/mol. The fraction of sp³-hybridized carbons (Fsp3) is 0.136. The van der Waals surface area contributed by atoms with Crippen LogP contribution in [0.25, 0.3) is 0 Å². The molecule has 0 aliphatic rings. The van der Waals surface area contributed by atoms with E-state index in [0.717, 1.165) is 16.8 Å². The number of sulfonamides is 1. The molecule has 0 bridgehead atoms. The van der Waals surface area contributed by atoms with Crippen LogP contribution in [-0.4, -0.2) is 21.4 Å². The predicted octanol–water partition coefficient (Wildman–Crippen LogP) is 4.38. The molecule has 5 nitrogen and oxygen atoms in total. The fourth-order valence-corrected chi connectivity index (χ4v) is 3.87. The van der Waals surface area contributed by atoms with Crippen molar-refractivity contribution in [2.75, 3.05) is 16.7 Å². The second-order valence-electron chi connectivity index (χ2n) is 6.65. The Labute approximate surface area is 165 Å². The van der Waals surface area contributed by atoms with Crippen LogP contribution in [0.15, 0.2) is 77.7 Å². The SMILES string of the molecule is Cc1ccc(S(=O)(=O)Nc2cc(C(=O)N(C)c3ccccc3)ccc2C)cc1. The zero-order chi connectivity index (χ0) is 20.3. The van der Waals surface area contributed by atoms with Gasteiger partial charge in [-0.2, -0.15) is 0 Å². The minimum absolute atomic E-state index is 0.177. The number of carbonyl (C=O) groups is 1. The van der Waals surface area contributed by atoms with Gasteiger partial charge in [-0.1, -0.05) is 42.0 Å². The van der Waals surface area contributed by atoms with Gasteiger partial charge in [0, 0.05) is 18.3 Å². The van der Waals surface area contributed by atoms with E-state index in [4.69, 9.17) is 0 Å². The zero-order valence-corrected chi connectivity index (χ0v) is 16.8. The Hall–Kier alpha value is -3.12. The topological polar surface area (TPSA) is 66.5 Å². The summed E-state index contributed by atoms with van der Waals surface area (Å²) in [6, 6.07) is 20.9. The number of rotatable bonds is 5. The summed E-state index contributed by atoms with van der Waals surface area (Å²) in [5, 5.41) is 0. The van der Waals surface area contributed by atoms with Crippen molar-refractivity contribution in [3.05, 3.63) is 89.5 Å². The van der Waals surface area contributed by atoms with E-state index in [1.807, 2.05) is 37.3 Å². The van der Waals surface area contributed by atoms with Gasteiger partial charge in [0.2, 0.25) is 0 Å². The number of hydrogen-bond donors (Lipinski definition) is 1. The molecule has 0 spiro atoms. The Morgan fingerprint density at radius 3 is 2.18 bits per heavy atom. The highest BCUT2D eigenvalue weighted by molar-refractivity contribution is 7.92. The molecule has 28 heavy (non-hydrogen) atoms. The predicted molar refractivity (Wildman–Crippen MR) is 112 cm³/mol. The van der Waals surface area contributed by atoms with Crippen molar-refractivity contribution in [3.8, 4) is 0 Å².